The summed E-state index contributed by atoms with van der Waals surface area (Å²) in [5.74, 6) is -0.318. The van der Waals surface area contributed by atoms with Crippen LogP contribution in [0.1, 0.15) is 6.42 Å². The van der Waals surface area contributed by atoms with Crippen molar-refractivity contribution in [2.45, 2.75) is 11.4 Å². The molecule has 1 aliphatic rings. The van der Waals surface area contributed by atoms with Crippen molar-refractivity contribution in [3.63, 3.8) is 0 Å². The van der Waals surface area contributed by atoms with Crippen LogP contribution in [0.5, 0.6) is 0 Å². The van der Waals surface area contributed by atoms with Gasteiger partial charge >= 0.3 is 5.69 Å². The molecule has 0 atom stereocenters. The molecule has 0 fully saturated rings. The summed E-state index contributed by atoms with van der Waals surface area (Å²) in [6.45, 7) is 0. The third-order valence-electron chi connectivity index (χ3n) is 1.82. The first-order chi connectivity index (χ1) is 8.16. The Kier molecular flexibility index (Phi) is 3.24. The number of hydrogen-bond donors (Lipinski definition) is 0. The average molecular weight is 250 g/mol. The van der Waals surface area contributed by atoms with Gasteiger partial charge in [0.15, 0.2) is 10.2 Å². The predicted octanol–water partition coefficient (Wildman–Crippen LogP) is 1.44. The summed E-state index contributed by atoms with van der Waals surface area (Å²) in [4.78, 5) is 32.6. The molecule has 17 heavy (non-hydrogen) atoms. The second-order valence-electron chi connectivity index (χ2n) is 2.99. The molecule has 1 aromatic rings. The maximum absolute atomic E-state index is 11.0. The normalized spacial score (nSPS) is 14.6. The number of aromatic nitrogens is 1. The van der Waals surface area contributed by atoms with Crippen molar-refractivity contribution in [2.75, 3.05) is 0 Å². The molecule has 1 aliphatic heterocycles. The summed E-state index contributed by atoms with van der Waals surface area (Å²) < 4.78 is 0. The lowest BCUT2D eigenvalue weighted by Crippen LogP contribution is -2.05. The van der Waals surface area contributed by atoms with Gasteiger partial charge in [0, 0.05) is 18.5 Å². The van der Waals surface area contributed by atoms with Gasteiger partial charge in [-0.05, 0) is 17.8 Å². The molecule has 0 saturated carbocycles. The highest BCUT2D eigenvalue weighted by molar-refractivity contribution is 8.14. The van der Waals surface area contributed by atoms with Gasteiger partial charge in [0.25, 0.3) is 5.91 Å². The fourth-order valence-corrected chi connectivity index (χ4v) is 1.93. The molecule has 8 heteroatoms. The van der Waals surface area contributed by atoms with Crippen molar-refractivity contribution in [1.29, 1.82) is 0 Å². The van der Waals surface area contributed by atoms with Gasteiger partial charge in [-0.1, -0.05) is 0 Å². The molecular formula is C9H6N4O3S. The molecule has 1 amide bonds. The van der Waals surface area contributed by atoms with Crippen LogP contribution in [-0.4, -0.2) is 27.2 Å². The second kappa shape index (κ2) is 4.83. The van der Waals surface area contributed by atoms with Gasteiger partial charge in [-0.2, -0.15) is 4.99 Å². The van der Waals surface area contributed by atoms with Gasteiger partial charge in [-0.15, -0.1) is 0 Å². The van der Waals surface area contributed by atoms with E-state index in [2.05, 4.69) is 15.0 Å². The Bertz CT molecular complexity index is 541. The molecule has 0 bridgehead atoms. The third kappa shape index (κ3) is 2.72. The van der Waals surface area contributed by atoms with E-state index in [0.29, 0.717) is 0 Å². The number of nitro groups is 1. The summed E-state index contributed by atoms with van der Waals surface area (Å²) >= 11 is 0.902. The molecule has 0 aromatic carbocycles. The molecule has 7 nitrogen and oxygen atoms in total. The first-order valence-electron chi connectivity index (χ1n) is 4.58. The van der Waals surface area contributed by atoms with Gasteiger partial charge in [0.2, 0.25) is 0 Å². The lowest BCUT2D eigenvalue weighted by atomic mass is 10.4. The zero-order valence-corrected chi connectivity index (χ0v) is 9.25. The highest BCUT2D eigenvalue weighted by Crippen LogP contribution is 2.28. The maximum Gasteiger partial charge on any atom is 0.301 e. The number of carbonyl (C=O) groups is 1. The Morgan fingerprint density at radius 1 is 1.47 bits per heavy atom. The van der Waals surface area contributed by atoms with E-state index >= 15 is 0 Å². The number of thioether (sulfide) groups is 1. The third-order valence-corrected chi connectivity index (χ3v) is 2.71. The average Bonchev–Trinajstić information content (AvgIpc) is 2.29. The van der Waals surface area contributed by atoms with Crippen LogP contribution >= 0.6 is 11.8 Å². The Hall–Kier alpha value is -2.09. The topological polar surface area (TPSA) is 97.8 Å². The minimum atomic E-state index is -0.537. The molecule has 86 valence electrons. The van der Waals surface area contributed by atoms with Crippen LogP contribution in [-0.2, 0) is 4.79 Å². The molecule has 2 rings (SSSR count). The van der Waals surface area contributed by atoms with Crippen molar-refractivity contribution < 1.29 is 9.72 Å². The van der Waals surface area contributed by atoms with E-state index in [1.807, 2.05) is 0 Å². The van der Waals surface area contributed by atoms with E-state index < -0.39 is 4.92 Å². The number of amides is 1. The molecule has 2 heterocycles. The molecule has 0 saturated heterocycles. The number of pyridine rings is 1. The zero-order valence-electron chi connectivity index (χ0n) is 8.44. The first-order valence-corrected chi connectivity index (χ1v) is 5.40. The highest BCUT2D eigenvalue weighted by Gasteiger charge is 2.18. The van der Waals surface area contributed by atoms with E-state index in [0.717, 1.165) is 11.8 Å². The number of amidine groups is 1. The van der Waals surface area contributed by atoms with Crippen LogP contribution in [0.15, 0.2) is 33.3 Å². The molecule has 0 N–H and O–H groups in total. The monoisotopic (exact) mass is 250 g/mol. The summed E-state index contributed by atoms with van der Waals surface area (Å²) in [6.07, 6.45) is 3.02. The fraction of sp³-hybridized carbons (Fsp3) is 0.111. The lowest BCUT2D eigenvalue weighted by molar-refractivity contribution is -0.388. The van der Waals surface area contributed by atoms with E-state index in [9.17, 15) is 14.9 Å². The number of aliphatic imine (C=N–C) groups is 2. The maximum atomic E-state index is 11.0. The minimum Gasteiger partial charge on any atom is -0.272 e. The van der Waals surface area contributed by atoms with Crippen LogP contribution < -0.4 is 0 Å². The van der Waals surface area contributed by atoms with Crippen LogP contribution in [0.4, 0.5) is 5.69 Å². The van der Waals surface area contributed by atoms with E-state index in [1.165, 1.54) is 24.5 Å². The van der Waals surface area contributed by atoms with Crippen molar-refractivity contribution in [3.05, 3.63) is 28.4 Å². The highest BCUT2D eigenvalue weighted by atomic mass is 32.2. The van der Waals surface area contributed by atoms with Crippen molar-refractivity contribution in [3.8, 4) is 0 Å². The molecular weight excluding hydrogens is 244 g/mol. The van der Waals surface area contributed by atoms with Gasteiger partial charge in [-0.3, -0.25) is 14.9 Å². The largest absolute Gasteiger partial charge is 0.301 e. The summed E-state index contributed by atoms with van der Waals surface area (Å²) in [6, 6.07) is 2.81. The Morgan fingerprint density at radius 3 is 3.00 bits per heavy atom. The van der Waals surface area contributed by atoms with Gasteiger partial charge in [0.1, 0.15) is 0 Å². The van der Waals surface area contributed by atoms with E-state index in [-0.39, 0.29) is 28.2 Å². The van der Waals surface area contributed by atoms with Crippen LogP contribution in [0.3, 0.4) is 0 Å². The smallest absolute Gasteiger partial charge is 0.272 e. The van der Waals surface area contributed by atoms with E-state index in [1.54, 1.807) is 0 Å². The predicted molar refractivity (Wildman–Crippen MR) is 62.3 cm³/mol. The zero-order chi connectivity index (χ0) is 12.3. The van der Waals surface area contributed by atoms with Crippen molar-refractivity contribution in [1.82, 2.24) is 4.98 Å². The first kappa shape index (κ1) is 11.4. The number of nitrogens with zero attached hydrogens (tertiary/aromatic N) is 4. The van der Waals surface area contributed by atoms with Crippen molar-refractivity contribution in [2.24, 2.45) is 9.98 Å². The van der Waals surface area contributed by atoms with Crippen LogP contribution in [0.2, 0.25) is 0 Å². The molecule has 0 unspecified atom stereocenters. The summed E-state index contributed by atoms with van der Waals surface area (Å²) in [7, 11) is 0. The number of carbonyl (C=O) groups excluding carboxylic acids is 1. The number of hydrogen-bond acceptors (Lipinski definition) is 6. The van der Waals surface area contributed by atoms with Gasteiger partial charge in [0.05, 0.1) is 11.3 Å². The lowest BCUT2D eigenvalue weighted by Gasteiger charge is -2.03. The fourth-order valence-electron chi connectivity index (χ4n) is 1.12. The summed E-state index contributed by atoms with van der Waals surface area (Å²) in [5, 5.41) is 11.1. The molecule has 0 aliphatic carbocycles. The molecule has 0 radical (unpaired) electrons. The Labute approximate surface area is 99.8 Å². The van der Waals surface area contributed by atoms with Gasteiger partial charge in [-0.25, -0.2) is 9.98 Å². The standard InChI is InChI=1S/C9H6N4O3S/c14-7-3-5-11-9(12-7)17-8-6(13(15)16)2-1-4-10-8/h1-2,4-5H,3H2. The van der Waals surface area contributed by atoms with Gasteiger partial charge < -0.3 is 0 Å². The Morgan fingerprint density at radius 2 is 2.29 bits per heavy atom. The minimum absolute atomic E-state index is 0.131. The molecule has 0 spiro atoms. The van der Waals surface area contributed by atoms with E-state index in [4.69, 9.17) is 0 Å². The van der Waals surface area contributed by atoms with Crippen molar-refractivity contribution >= 4 is 34.7 Å². The molecule has 1 aromatic heterocycles. The van der Waals surface area contributed by atoms with Crippen LogP contribution in [0, 0.1) is 10.1 Å². The quantitative estimate of drug-likeness (QED) is 0.584. The number of rotatable bonds is 2. The Balaban J connectivity index is 2.27. The second-order valence-corrected chi connectivity index (χ2v) is 3.95. The summed E-state index contributed by atoms with van der Waals surface area (Å²) in [5.41, 5.74) is -0.131. The SMILES string of the molecule is O=C1CC=NC(Sc2ncccc2[N+](=O)[O-])=N1. The van der Waals surface area contributed by atoms with Crippen LogP contribution in [0.25, 0.3) is 0 Å².